The van der Waals surface area contributed by atoms with E-state index in [4.69, 9.17) is 10.7 Å². The lowest BCUT2D eigenvalue weighted by Gasteiger charge is -2.48. The van der Waals surface area contributed by atoms with Gasteiger partial charge in [-0.15, -0.1) is 0 Å². The lowest BCUT2D eigenvalue weighted by Crippen LogP contribution is -2.64. The van der Waals surface area contributed by atoms with Crippen LogP contribution in [0.4, 0.5) is 0 Å². The van der Waals surface area contributed by atoms with Gasteiger partial charge in [-0.1, -0.05) is 25.6 Å². The fourth-order valence-electron chi connectivity index (χ4n) is 5.42. The summed E-state index contributed by atoms with van der Waals surface area (Å²) in [5, 5.41) is 17.8. The molecule has 5 N–H and O–H groups in total. The molecule has 7 heteroatoms. The van der Waals surface area contributed by atoms with Crippen molar-refractivity contribution in [3.63, 3.8) is 0 Å². The topological polar surface area (TPSA) is 103 Å². The monoisotopic (exact) mass is 425 g/mol. The Hall–Kier alpha value is -2.54. The van der Waals surface area contributed by atoms with E-state index in [9.17, 15) is 9.90 Å². The summed E-state index contributed by atoms with van der Waals surface area (Å²) in [5.74, 6) is 1.23. The highest BCUT2D eigenvalue weighted by atomic mass is 16.3. The van der Waals surface area contributed by atoms with E-state index in [1.165, 1.54) is 12.0 Å². The van der Waals surface area contributed by atoms with Gasteiger partial charge in [0.25, 0.3) is 5.91 Å². The number of aliphatic hydroxyl groups is 1. The van der Waals surface area contributed by atoms with Gasteiger partial charge in [-0.2, -0.15) is 0 Å². The summed E-state index contributed by atoms with van der Waals surface area (Å²) in [5.41, 5.74) is 8.60. The molecule has 2 fully saturated rings. The minimum absolute atomic E-state index is 0.115. The zero-order valence-corrected chi connectivity index (χ0v) is 18.7. The number of carbonyl (C=O) groups is 1. The number of aryl methyl sites for hydroxylation is 1. The maximum atomic E-state index is 13.2. The molecule has 3 aliphatic rings. The van der Waals surface area contributed by atoms with E-state index in [2.05, 4.69) is 30.2 Å². The van der Waals surface area contributed by atoms with Gasteiger partial charge in [-0.05, 0) is 56.2 Å². The van der Waals surface area contributed by atoms with E-state index in [-0.39, 0.29) is 11.9 Å². The van der Waals surface area contributed by atoms with Crippen LogP contribution in [0.2, 0.25) is 0 Å². The number of nitrogens with one attached hydrogen (secondary N) is 2. The number of nitrogens with two attached hydrogens (primary N) is 1. The predicted molar refractivity (Wildman–Crippen MR) is 123 cm³/mol. The Morgan fingerprint density at radius 3 is 2.97 bits per heavy atom. The Morgan fingerprint density at radius 2 is 2.19 bits per heavy atom. The highest BCUT2D eigenvalue weighted by Crippen LogP contribution is 2.39. The lowest BCUT2D eigenvalue weighted by atomic mass is 9.84. The van der Waals surface area contributed by atoms with Crippen LogP contribution < -0.4 is 16.4 Å². The molecular formula is C24H35N5O2. The summed E-state index contributed by atoms with van der Waals surface area (Å²) in [6.07, 6.45) is 5.10. The van der Waals surface area contributed by atoms with Crippen molar-refractivity contribution < 1.29 is 9.90 Å². The molecule has 1 aliphatic carbocycles. The van der Waals surface area contributed by atoms with Gasteiger partial charge < -0.3 is 26.4 Å². The van der Waals surface area contributed by atoms with Gasteiger partial charge >= 0.3 is 0 Å². The molecule has 168 valence electrons. The number of nitrogens with zero attached hydrogens (tertiary/aromatic N) is 2. The molecule has 4 atom stereocenters. The van der Waals surface area contributed by atoms with Crippen molar-refractivity contribution in [2.45, 2.75) is 76.1 Å². The van der Waals surface area contributed by atoms with E-state index >= 15 is 0 Å². The number of carbonyl (C=O) groups excluding carboxylic acids is 1. The molecule has 2 heterocycles. The van der Waals surface area contributed by atoms with Crippen molar-refractivity contribution in [3.05, 3.63) is 47.3 Å². The Labute approximate surface area is 184 Å². The fraction of sp³-hybridized carbons (Fsp3) is 0.583. The van der Waals surface area contributed by atoms with Crippen molar-refractivity contribution in [3.8, 4) is 0 Å². The first-order valence-electron chi connectivity index (χ1n) is 11.5. The molecule has 1 amide bonds. The third kappa shape index (κ3) is 3.80. The molecule has 1 aromatic rings. The molecular weight excluding hydrogens is 390 g/mol. The normalized spacial score (nSPS) is 30.4. The number of hydrogen-bond acceptors (Lipinski definition) is 5. The molecule has 2 saturated heterocycles. The van der Waals surface area contributed by atoms with Crippen LogP contribution in [-0.4, -0.2) is 58.6 Å². The van der Waals surface area contributed by atoms with Crippen molar-refractivity contribution >= 4 is 11.7 Å². The van der Waals surface area contributed by atoms with Gasteiger partial charge in [0, 0.05) is 25.1 Å². The molecule has 31 heavy (non-hydrogen) atoms. The quantitative estimate of drug-likeness (QED) is 0.425. The number of hydrogen-bond donors (Lipinski definition) is 4. The Balaban J connectivity index is 1.57. The Kier molecular flexibility index (Phi) is 5.97. The van der Waals surface area contributed by atoms with E-state index in [0.29, 0.717) is 18.9 Å². The van der Waals surface area contributed by atoms with Crippen LogP contribution >= 0.6 is 0 Å². The Bertz CT molecular complexity index is 898. The maximum Gasteiger partial charge on any atom is 0.251 e. The van der Waals surface area contributed by atoms with Crippen molar-refractivity contribution in [2.24, 2.45) is 10.7 Å². The molecule has 0 aromatic heterocycles. The van der Waals surface area contributed by atoms with Gasteiger partial charge in [0.2, 0.25) is 0 Å². The molecule has 2 unspecified atom stereocenters. The average molecular weight is 426 g/mol. The number of rotatable bonds is 5. The van der Waals surface area contributed by atoms with Crippen molar-refractivity contribution in [2.75, 3.05) is 13.1 Å². The molecule has 1 aromatic carbocycles. The second kappa shape index (κ2) is 8.54. The standard InChI is InChI=1S/C24H35N5O2/c1-4-8-21(25)28-20-13-26-15(2)29-14-19(22(30)24(20,29)3)27-23(31)18-12-7-10-16-9-5-6-11-17(16)18/h7,10,12,19-20,22,26,30H,2,4-6,8-9,11,13-14H2,1,3H3,(H2,25,28)(H,27,31)/t19-,20?,22?,24+/m1/s1. The van der Waals surface area contributed by atoms with Gasteiger partial charge in [0.1, 0.15) is 6.10 Å². The van der Waals surface area contributed by atoms with Gasteiger partial charge in [-0.25, -0.2) is 0 Å². The zero-order chi connectivity index (χ0) is 22.2. The lowest BCUT2D eigenvalue weighted by molar-refractivity contribution is 0.0147. The summed E-state index contributed by atoms with van der Waals surface area (Å²) in [7, 11) is 0. The van der Waals surface area contributed by atoms with E-state index in [0.717, 1.165) is 49.1 Å². The summed E-state index contributed by atoms with van der Waals surface area (Å²) < 4.78 is 0. The molecule has 4 rings (SSSR count). The van der Waals surface area contributed by atoms with Gasteiger partial charge in [0.05, 0.1) is 29.3 Å². The van der Waals surface area contributed by atoms with Crippen LogP contribution in [-0.2, 0) is 12.8 Å². The van der Waals surface area contributed by atoms with Crippen LogP contribution in [0.3, 0.4) is 0 Å². The molecule has 0 radical (unpaired) electrons. The predicted octanol–water partition coefficient (Wildman–Crippen LogP) is 1.70. The molecule has 0 spiro atoms. The fourth-order valence-corrected chi connectivity index (χ4v) is 5.42. The number of aliphatic imine (C=N–C) groups is 1. The van der Waals surface area contributed by atoms with Gasteiger partial charge in [-0.3, -0.25) is 9.79 Å². The second-order valence-corrected chi connectivity index (χ2v) is 9.23. The maximum absolute atomic E-state index is 13.2. The number of fused-ring (bicyclic) bond motifs is 2. The summed E-state index contributed by atoms with van der Waals surface area (Å²) in [4.78, 5) is 20.0. The Morgan fingerprint density at radius 1 is 1.42 bits per heavy atom. The minimum Gasteiger partial charge on any atom is -0.388 e. The summed E-state index contributed by atoms with van der Waals surface area (Å²) >= 11 is 0. The number of aliphatic hydroxyl groups excluding tert-OH is 1. The average Bonchev–Trinajstić information content (AvgIpc) is 3.02. The zero-order valence-electron chi connectivity index (χ0n) is 18.7. The first-order chi connectivity index (χ1) is 14.9. The first kappa shape index (κ1) is 21.7. The summed E-state index contributed by atoms with van der Waals surface area (Å²) in [6.45, 7) is 9.22. The van der Waals surface area contributed by atoms with Crippen LogP contribution in [0, 0.1) is 0 Å². The smallest absolute Gasteiger partial charge is 0.251 e. The van der Waals surface area contributed by atoms with E-state index in [1.807, 2.05) is 24.0 Å². The first-order valence-corrected chi connectivity index (χ1v) is 11.5. The van der Waals surface area contributed by atoms with Gasteiger partial charge in [0.15, 0.2) is 0 Å². The molecule has 2 aliphatic heterocycles. The minimum atomic E-state index is -0.794. The van der Waals surface area contributed by atoms with E-state index in [1.54, 1.807) is 0 Å². The molecule has 0 bridgehead atoms. The summed E-state index contributed by atoms with van der Waals surface area (Å²) in [6, 6.07) is 5.33. The van der Waals surface area contributed by atoms with Crippen LogP contribution in [0.25, 0.3) is 0 Å². The number of amidine groups is 1. The van der Waals surface area contributed by atoms with Crippen molar-refractivity contribution in [1.82, 2.24) is 15.5 Å². The SMILES string of the molecule is C=C1NCC(N=C(N)CCC)[C@@]2(C)C(O)[C@H](NC(=O)c3cccc4c3CCCC4)CN12. The third-order valence-corrected chi connectivity index (χ3v) is 7.23. The molecule has 7 nitrogen and oxygen atoms in total. The van der Waals surface area contributed by atoms with E-state index < -0.39 is 17.7 Å². The molecule has 0 saturated carbocycles. The van der Waals surface area contributed by atoms with Crippen LogP contribution in [0.15, 0.2) is 35.6 Å². The van der Waals surface area contributed by atoms with Crippen LogP contribution in [0.1, 0.15) is 61.0 Å². The number of benzene rings is 1. The largest absolute Gasteiger partial charge is 0.388 e. The second-order valence-electron chi connectivity index (χ2n) is 9.23. The van der Waals surface area contributed by atoms with Crippen LogP contribution in [0.5, 0.6) is 0 Å². The third-order valence-electron chi connectivity index (χ3n) is 7.23. The highest BCUT2D eigenvalue weighted by molar-refractivity contribution is 5.96. The highest BCUT2D eigenvalue weighted by Gasteiger charge is 2.57. The number of amides is 1. The van der Waals surface area contributed by atoms with Crippen molar-refractivity contribution in [1.29, 1.82) is 0 Å².